The Labute approximate surface area is 204 Å². The van der Waals surface area contributed by atoms with Crippen molar-refractivity contribution in [3.05, 3.63) is 70.6 Å². The molecule has 5 rings (SSSR count). The molecule has 1 unspecified atom stereocenters. The number of hydrogen-bond acceptors (Lipinski definition) is 7. The summed E-state index contributed by atoms with van der Waals surface area (Å²) in [5.74, 6) is -0.659. The summed E-state index contributed by atoms with van der Waals surface area (Å²) in [6.45, 7) is 2.03. The predicted molar refractivity (Wildman–Crippen MR) is 133 cm³/mol. The average Bonchev–Trinajstić information content (AvgIpc) is 3.48. The minimum Gasteiger partial charge on any atom is -0.291 e. The van der Waals surface area contributed by atoms with Crippen molar-refractivity contribution in [2.75, 3.05) is 17.3 Å². The molecular formula is C24H21N5O3S2. The fraction of sp³-hybridized carbons (Fsp3) is 0.208. The van der Waals surface area contributed by atoms with Crippen molar-refractivity contribution in [3.8, 4) is 11.3 Å². The molecule has 4 aromatic rings. The van der Waals surface area contributed by atoms with Gasteiger partial charge in [0, 0.05) is 10.9 Å². The van der Waals surface area contributed by atoms with Gasteiger partial charge in [-0.3, -0.25) is 24.6 Å². The maximum atomic E-state index is 13.3. The van der Waals surface area contributed by atoms with Crippen LogP contribution in [0.5, 0.6) is 0 Å². The fourth-order valence-electron chi connectivity index (χ4n) is 3.95. The van der Waals surface area contributed by atoms with Gasteiger partial charge in [0.15, 0.2) is 0 Å². The molecule has 3 heterocycles. The van der Waals surface area contributed by atoms with Gasteiger partial charge in [-0.25, -0.2) is 4.52 Å². The number of thioether (sulfide) groups is 1. The first-order valence-corrected chi connectivity index (χ1v) is 12.9. The zero-order valence-electron chi connectivity index (χ0n) is 18.5. The van der Waals surface area contributed by atoms with Gasteiger partial charge in [0.05, 0.1) is 16.8 Å². The number of hydrogen-bond donors (Lipinski definition) is 1. The molecular weight excluding hydrogens is 470 g/mol. The van der Waals surface area contributed by atoms with Crippen LogP contribution in [0.4, 0.5) is 5.95 Å². The van der Waals surface area contributed by atoms with Crippen LogP contribution in [0, 0.1) is 6.92 Å². The molecule has 0 spiro atoms. The lowest BCUT2D eigenvalue weighted by atomic mass is 10.1. The lowest BCUT2D eigenvalue weighted by molar-refractivity contribution is -0.120. The van der Waals surface area contributed by atoms with Gasteiger partial charge in [0.2, 0.25) is 10.9 Å². The SMILES string of the molecule is CSCCC(C(=O)Nc1nc2scc(-c3ccc(C)cc3)n2n1)N1C(=O)c2ccccc2C1=O. The third-order valence-corrected chi connectivity index (χ3v) is 7.16. The fourth-order valence-corrected chi connectivity index (χ4v) is 5.24. The van der Waals surface area contributed by atoms with Crippen LogP contribution in [0.25, 0.3) is 16.2 Å². The van der Waals surface area contributed by atoms with Gasteiger partial charge < -0.3 is 0 Å². The van der Waals surface area contributed by atoms with E-state index in [1.807, 2.05) is 42.8 Å². The Balaban J connectivity index is 1.42. The Morgan fingerprint density at radius 3 is 2.41 bits per heavy atom. The molecule has 0 radical (unpaired) electrons. The average molecular weight is 492 g/mol. The summed E-state index contributed by atoms with van der Waals surface area (Å²) in [7, 11) is 0. The number of rotatable bonds is 7. The minimum atomic E-state index is -0.960. The number of carbonyl (C=O) groups excluding carboxylic acids is 3. The van der Waals surface area contributed by atoms with Gasteiger partial charge in [0.25, 0.3) is 17.8 Å². The van der Waals surface area contributed by atoms with E-state index in [9.17, 15) is 14.4 Å². The Bertz CT molecular complexity index is 1370. The van der Waals surface area contributed by atoms with Gasteiger partial charge in [0.1, 0.15) is 6.04 Å². The molecule has 34 heavy (non-hydrogen) atoms. The molecule has 0 aliphatic carbocycles. The maximum Gasteiger partial charge on any atom is 0.262 e. The van der Waals surface area contributed by atoms with E-state index in [-0.39, 0.29) is 5.95 Å². The van der Waals surface area contributed by atoms with E-state index in [2.05, 4.69) is 15.4 Å². The van der Waals surface area contributed by atoms with Crippen molar-refractivity contribution in [1.29, 1.82) is 0 Å². The van der Waals surface area contributed by atoms with Crippen molar-refractivity contribution < 1.29 is 14.4 Å². The first-order valence-electron chi connectivity index (χ1n) is 10.7. The van der Waals surface area contributed by atoms with Crippen LogP contribution in [0.2, 0.25) is 0 Å². The number of aromatic nitrogens is 3. The first kappa shape index (κ1) is 22.3. The molecule has 3 amide bonds. The molecule has 10 heteroatoms. The highest BCUT2D eigenvalue weighted by Gasteiger charge is 2.42. The molecule has 8 nitrogen and oxygen atoms in total. The smallest absolute Gasteiger partial charge is 0.262 e. The number of imide groups is 1. The van der Waals surface area contributed by atoms with Gasteiger partial charge in [-0.1, -0.05) is 42.0 Å². The summed E-state index contributed by atoms with van der Waals surface area (Å²) >= 11 is 2.96. The Morgan fingerprint density at radius 2 is 1.76 bits per heavy atom. The molecule has 1 aliphatic rings. The monoisotopic (exact) mass is 491 g/mol. The highest BCUT2D eigenvalue weighted by Crippen LogP contribution is 2.28. The van der Waals surface area contributed by atoms with Gasteiger partial charge in [-0.2, -0.15) is 16.7 Å². The number of benzene rings is 2. The van der Waals surface area contributed by atoms with E-state index in [0.717, 1.165) is 21.7 Å². The quantitative estimate of drug-likeness (QED) is 0.391. The molecule has 1 aliphatic heterocycles. The number of amides is 3. The second-order valence-corrected chi connectivity index (χ2v) is 9.75. The molecule has 1 N–H and O–H groups in total. The largest absolute Gasteiger partial charge is 0.291 e. The van der Waals surface area contributed by atoms with Crippen LogP contribution in [0.3, 0.4) is 0 Å². The van der Waals surface area contributed by atoms with Crippen molar-refractivity contribution >= 4 is 51.7 Å². The summed E-state index contributed by atoms with van der Waals surface area (Å²) in [4.78, 5) is 45.4. The number of fused-ring (bicyclic) bond motifs is 2. The number of thiazole rings is 1. The van der Waals surface area contributed by atoms with Crippen molar-refractivity contribution in [3.63, 3.8) is 0 Å². The van der Waals surface area contributed by atoms with Crippen molar-refractivity contribution in [2.45, 2.75) is 19.4 Å². The van der Waals surface area contributed by atoms with E-state index in [1.165, 1.54) is 11.3 Å². The van der Waals surface area contributed by atoms with Gasteiger partial charge in [-0.05, 0) is 37.5 Å². The van der Waals surface area contributed by atoms with Crippen LogP contribution in [-0.4, -0.2) is 55.3 Å². The Kier molecular flexibility index (Phi) is 5.93. The van der Waals surface area contributed by atoms with Crippen LogP contribution < -0.4 is 5.32 Å². The molecule has 172 valence electrons. The zero-order chi connectivity index (χ0) is 23.8. The second kappa shape index (κ2) is 9.03. The molecule has 0 saturated heterocycles. The van der Waals surface area contributed by atoms with E-state index in [1.54, 1.807) is 40.5 Å². The predicted octanol–water partition coefficient (Wildman–Crippen LogP) is 4.12. The van der Waals surface area contributed by atoms with Crippen molar-refractivity contribution in [1.82, 2.24) is 19.5 Å². The Morgan fingerprint density at radius 1 is 1.09 bits per heavy atom. The highest BCUT2D eigenvalue weighted by molar-refractivity contribution is 7.98. The molecule has 0 bridgehead atoms. The number of carbonyl (C=O) groups is 3. The van der Waals surface area contributed by atoms with Crippen molar-refractivity contribution in [2.24, 2.45) is 0 Å². The van der Waals surface area contributed by atoms with Gasteiger partial charge >= 0.3 is 0 Å². The zero-order valence-corrected chi connectivity index (χ0v) is 20.2. The van der Waals surface area contributed by atoms with E-state index in [4.69, 9.17) is 0 Å². The minimum absolute atomic E-state index is 0.135. The molecule has 0 fully saturated rings. The summed E-state index contributed by atoms with van der Waals surface area (Å²) in [6.07, 6.45) is 2.24. The number of aryl methyl sites for hydroxylation is 1. The maximum absolute atomic E-state index is 13.3. The summed E-state index contributed by atoms with van der Waals surface area (Å²) in [5, 5.41) is 9.16. The molecule has 2 aromatic heterocycles. The standard InChI is InChI=1S/C24H21N5O3S2/c1-14-7-9-15(10-8-14)19-13-34-24-26-23(27-29(19)24)25-20(30)18(11-12-33-2)28-21(31)16-5-3-4-6-17(16)22(28)32/h3-10,13,18H,11-12H2,1-2H3,(H,25,27,30). The summed E-state index contributed by atoms with van der Waals surface area (Å²) in [6, 6.07) is 13.7. The topological polar surface area (TPSA) is 96.7 Å². The first-order chi connectivity index (χ1) is 16.5. The normalized spacial score (nSPS) is 14.0. The van der Waals surface area contributed by atoms with E-state index >= 15 is 0 Å². The second-order valence-electron chi connectivity index (χ2n) is 7.93. The highest BCUT2D eigenvalue weighted by atomic mass is 32.2. The lowest BCUT2D eigenvalue weighted by Crippen LogP contribution is -2.47. The van der Waals surface area contributed by atoms with Gasteiger partial charge in [-0.15, -0.1) is 16.4 Å². The third-order valence-electron chi connectivity index (χ3n) is 5.70. The third kappa shape index (κ3) is 3.88. The molecule has 1 atom stereocenters. The number of nitrogens with one attached hydrogen (secondary N) is 1. The number of nitrogens with zero attached hydrogens (tertiary/aromatic N) is 4. The molecule has 2 aromatic carbocycles. The molecule has 0 saturated carbocycles. The van der Waals surface area contributed by atoms with Crippen LogP contribution >= 0.6 is 23.1 Å². The van der Waals surface area contributed by atoms with Crippen LogP contribution in [-0.2, 0) is 4.79 Å². The summed E-state index contributed by atoms with van der Waals surface area (Å²) < 4.78 is 1.68. The van der Waals surface area contributed by atoms with E-state index in [0.29, 0.717) is 28.3 Å². The lowest BCUT2D eigenvalue weighted by Gasteiger charge is -2.24. The van der Waals surface area contributed by atoms with Crippen LogP contribution in [0.15, 0.2) is 53.9 Å². The van der Waals surface area contributed by atoms with E-state index < -0.39 is 23.8 Å². The Hall–Kier alpha value is -3.50. The van der Waals surface area contributed by atoms with Crippen LogP contribution in [0.1, 0.15) is 32.7 Å². The summed E-state index contributed by atoms with van der Waals surface area (Å²) in [5.41, 5.74) is 3.65. The number of anilines is 1.